The van der Waals surface area contributed by atoms with Gasteiger partial charge in [0.05, 0.1) is 21.5 Å². The van der Waals surface area contributed by atoms with Gasteiger partial charge in [0.2, 0.25) is 5.91 Å². The fourth-order valence-electron chi connectivity index (χ4n) is 2.34. The average Bonchev–Trinajstić information content (AvgIpc) is 2.97. The summed E-state index contributed by atoms with van der Waals surface area (Å²) < 4.78 is 6.38. The highest BCUT2D eigenvalue weighted by molar-refractivity contribution is 7.19. The third kappa shape index (κ3) is 4.02. The van der Waals surface area contributed by atoms with Crippen LogP contribution in [0.1, 0.15) is 21.7 Å². The van der Waals surface area contributed by atoms with Crippen molar-refractivity contribution in [2.45, 2.75) is 13.0 Å². The number of hydrogen-bond acceptors (Lipinski definition) is 5. The molecule has 1 aromatic heterocycles. The number of anilines is 1. The maximum atomic E-state index is 12.2. The van der Waals surface area contributed by atoms with E-state index in [0.717, 1.165) is 15.0 Å². The second-order valence-corrected chi connectivity index (χ2v) is 6.89. The number of hydrogen-bond donors (Lipinski definition) is 1. The zero-order chi connectivity index (χ0) is 18.5. The Balaban J connectivity index is 1.63. The number of nitriles is 1. The molecule has 5 nitrogen and oxygen atoms in total. The Labute approximate surface area is 158 Å². The number of thiophene rings is 1. The fraction of sp³-hybridized carbons (Fsp3) is 0.105. The van der Waals surface area contributed by atoms with E-state index in [2.05, 4.69) is 5.32 Å². The third-order valence-electron chi connectivity index (χ3n) is 3.58. The predicted molar refractivity (Wildman–Crippen MR) is 101 cm³/mol. The minimum atomic E-state index is -0.478. The number of carbonyl (C=O) groups excluding carboxylic acids is 2. The summed E-state index contributed by atoms with van der Waals surface area (Å²) in [7, 11) is 0. The van der Waals surface area contributed by atoms with Crippen molar-refractivity contribution < 1.29 is 14.3 Å². The van der Waals surface area contributed by atoms with Gasteiger partial charge in [-0.25, -0.2) is 4.79 Å². The van der Waals surface area contributed by atoms with Crippen LogP contribution in [0.15, 0.2) is 48.5 Å². The molecule has 0 saturated carbocycles. The highest BCUT2D eigenvalue weighted by atomic mass is 35.5. The van der Waals surface area contributed by atoms with Crippen molar-refractivity contribution in [2.75, 3.05) is 5.32 Å². The molecular weight excluding hydrogens is 372 g/mol. The Morgan fingerprint density at radius 3 is 2.58 bits per heavy atom. The van der Waals surface area contributed by atoms with Crippen LogP contribution in [0.4, 0.5) is 5.69 Å². The van der Waals surface area contributed by atoms with Crippen LogP contribution in [-0.4, -0.2) is 11.9 Å². The molecule has 0 saturated heterocycles. The van der Waals surface area contributed by atoms with E-state index in [4.69, 9.17) is 21.6 Å². The van der Waals surface area contributed by atoms with E-state index in [1.807, 2.05) is 24.3 Å². The van der Waals surface area contributed by atoms with Crippen molar-refractivity contribution in [3.63, 3.8) is 0 Å². The third-order valence-corrected chi connectivity index (χ3v) is 5.27. The smallest absolute Gasteiger partial charge is 0.338 e. The zero-order valence-electron chi connectivity index (χ0n) is 13.5. The molecule has 0 fully saturated rings. The molecule has 1 amide bonds. The second kappa shape index (κ2) is 8.00. The second-order valence-electron chi connectivity index (χ2n) is 5.37. The van der Waals surface area contributed by atoms with Crippen LogP contribution < -0.4 is 5.32 Å². The summed E-state index contributed by atoms with van der Waals surface area (Å²) in [5.74, 6) is -0.879. The number of esters is 1. The van der Waals surface area contributed by atoms with Gasteiger partial charge in [0.1, 0.15) is 13.0 Å². The Morgan fingerprint density at radius 2 is 1.88 bits per heavy atom. The lowest BCUT2D eigenvalue weighted by Gasteiger charge is -2.06. The van der Waals surface area contributed by atoms with E-state index in [-0.39, 0.29) is 13.0 Å². The Morgan fingerprint density at radius 1 is 1.15 bits per heavy atom. The van der Waals surface area contributed by atoms with Gasteiger partial charge in [-0.05, 0) is 30.3 Å². The maximum Gasteiger partial charge on any atom is 0.338 e. The molecule has 2 aromatic carbocycles. The van der Waals surface area contributed by atoms with Crippen molar-refractivity contribution >= 4 is 50.6 Å². The van der Waals surface area contributed by atoms with Gasteiger partial charge in [0.15, 0.2) is 0 Å². The first kappa shape index (κ1) is 17.9. The van der Waals surface area contributed by atoms with Crippen molar-refractivity contribution in [1.29, 1.82) is 5.26 Å². The van der Waals surface area contributed by atoms with Gasteiger partial charge in [-0.1, -0.05) is 29.8 Å². The SMILES string of the molecule is N#CCC(=O)Nc1ccc(C(=O)OCc2sc3ccccc3c2Cl)cc1. The molecule has 0 spiro atoms. The van der Waals surface area contributed by atoms with Gasteiger partial charge in [0, 0.05) is 15.8 Å². The Hall–Kier alpha value is -2.88. The zero-order valence-corrected chi connectivity index (χ0v) is 15.1. The molecule has 0 radical (unpaired) electrons. The number of amides is 1. The summed E-state index contributed by atoms with van der Waals surface area (Å²) in [6.07, 6.45) is -0.223. The Kier molecular flexibility index (Phi) is 5.52. The molecule has 0 aliphatic rings. The quantitative estimate of drug-likeness (QED) is 0.643. The van der Waals surface area contributed by atoms with Crippen molar-refractivity contribution in [3.05, 3.63) is 64.0 Å². The van der Waals surface area contributed by atoms with E-state index in [0.29, 0.717) is 16.3 Å². The average molecular weight is 385 g/mol. The largest absolute Gasteiger partial charge is 0.456 e. The van der Waals surface area contributed by atoms with E-state index >= 15 is 0 Å². The minimum absolute atomic E-state index is 0.0949. The van der Waals surface area contributed by atoms with Crippen molar-refractivity contribution in [1.82, 2.24) is 0 Å². The monoisotopic (exact) mass is 384 g/mol. The summed E-state index contributed by atoms with van der Waals surface area (Å²) in [5, 5.41) is 12.6. The van der Waals surface area contributed by atoms with E-state index in [9.17, 15) is 9.59 Å². The van der Waals surface area contributed by atoms with E-state index in [1.54, 1.807) is 30.3 Å². The lowest BCUT2D eigenvalue weighted by atomic mass is 10.2. The van der Waals surface area contributed by atoms with Gasteiger partial charge in [-0.3, -0.25) is 4.79 Å². The number of fused-ring (bicyclic) bond motifs is 1. The first-order chi connectivity index (χ1) is 12.6. The number of nitrogens with one attached hydrogen (secondary N) is 1. The normalized spacial score (nSPS) is 10.3. The molecule has 1 heterocycles. The molecular formula is C19H13ClN2O3S. The van der Waals surface area contributed by atoms with Crippen LogP contribution in [0.2, 0.25) is 5.02 Å². The topological polar surface area (TPSA) is 79.2 Å². The summed E-state index contributed by atoms with van der Waals surface area (Å²) in [5.41, 5.74) is 0.870. The van der Waals surface area contributed by atoms with Gasteiger partial charge in [-0.15, -0.1) is 11.3 Å². The lowest BCUT2D eigenvalue weighted by Crippen LogP contribution is -2.10. The van der Waals surface area contributed by atoms with Crippen LogP contribution in [0.3, 0.4) is 0 Å². The number of ether oxygens (including phenoxy) is 1. The molecule has 26 heavy (non-hydrogen) atoms. The van der Waals surface area contributed by atoms with Crippen molar-refractivity contribution in [3.8, 4) is 6.07 Å². The summed E-state index contributed by atoms with van der Waals surface area (Å²) in [6, 6.07) is 15.8. The van der Waals surface area contributed by atoms with Crippen LogP contribution in [-0.2, 0) is 16.1 Å². The molecule has 1 N–H and O–H groups in total. The molecule has 0 aliphatic carbocycles. The van der Waals surface area contributed by atoms with Gasteiger partial charge in [0.25, 0.3) is 0 Å². The molecule has 7 heteroatoms. The molecule has 0 atom stereocenters. The standard InChI is InChI=1S/C19H13ClN2O3S/c20-18-14-3-1-2-4-15(14)26-16(18)11-25-19(24)12-5-7-13(8-6-12)22-17(23)9-10-21/h1-8H,9,11H2,(H,22,23). The molecule has 0 unspecified atom stereocenters. The number of rotatable bonds is 5. The summed E-state index contributed by atoms with van der Waals surface area (Å²) in [4.78, 5) is 24.3. The molecule has 130 valence electrons. The molecule has 0 bridgehead atoms. The first-order valence-electron chi connectivity index (χ1n) is 7.68. The summed E-state index contributed by atoms with van der Waals surface area (Å²) >= 11 is 7.83. The summed E-state index contributed by atoms with van der Waals surface area (Å²) in [6.45, 7) is 0.0949. The molecule has 0 aliphatic heterocycles. The maximum absolute atomic E-state index is 12.2. The lowest BCUT2D eigenvalue weighted by molar-refractivity contribution is -0.115. The minimum Gasteiger partial charge on any atom is -0.456 e. The van der Waals surface area contributed by atoms with Crippen molar-refractivity contribution in [2.24, 2.45) is 0 Å². The van der Waals surface area contributed by atoms with Gasteiger partial charge < -0.3 is 10.1 Å². The van der Waals surface area contributed by atoms with Crippen LogP contribution in [0.5, 0.6) is 0 Å². The number of carbonyl (C=O) groups is 2. The predicted octanol–water partition coefficient (Wildman–Crippen LogP) is 4.76. The van der Waals surface area contributed by atoms with E-state index in [1.165, 1.54) is 11.3 Å². The van der Waals surface area contributed by atoms with E-state index < -0.39 is 11.9 Å². The molecule has 3 aromatic rings. The van der Waals surface area contributed by atoms with Crippen LogP contribution in [0.25, 0.3) is 10.1 Å². The Bertz CT molecular complexity index is 1010. The highest BCUT2D eigenvalue weighted by Gasteiger charge is 2.13. The van der Waals surface area contributed by atoms with Gasteiger partial charge in [-0.2, -0.15) is 5.26 Å². The molecule has 3 rings (SSSR count). The number of benzene rings is 2. The first-order valence-corrected chi connectivity index (χ1v) is 8.88. The fourth-order valence-corrected chi connectivity index (χ4v) is 3.74. The number of nitrogens with zero attached hydrogens (tertiary/aromatic N) is 1. The van der Waals surface area contributed by atoms with Crippen LogP contribution >= 0.6 is 22.9 Å². The van der Waals surface area contributed by atoms with Crippen LogP contribution in [0, 0.1) is 11.3 Å². The number of halogens is 1. The van der Waals surface area contributed by atoms with Gasteiger partial charge >= 0.3 is 5.97 Å². The highest BCUT2D eigenvalue weighted by Crippen LogP contribution is 2.35.